The van der Waals surface area contributed by atoms with E-state index in [4.69, 9.17) is 16.3 Å². The number of amides is 2. The van der Waals surface area contributed by atoms with Gasteiger partial charge in [0.1, 0.15) is 24.2 Å². The fourth-order valence-electron chi connectivity index (χ4n) is 5.13. The number of ether oxygens (including phenoxy) is 1. The number of hydrogen-bond donors (Lipinski definition) is 1. The third kappa shape index (κ3) is 7.41. The summed E-state index contributed by atoms with van der Waals surface area (Å²) in [5, 5.41) is 3.23. The van der Waals surface area contributed by atoms with Gasteiger partial charge in [0.15, 0.2) is 0 Å². The van der Waals surface area contributed by atoms with Crippen LogP contribution in [-0.2, 0) is 26.2 Å². The van der Waals surface area contributed by atoms with Crippen LogP contribution in [0.25, 0.3) is 0 Å². The van der Waals surface area contributed by atoms with Crippen molar-refractivity contribution in [1.29, 1.82) is 0 Å². The topological polar surface area (TPSA) is 96.0 Å². The lowest BCUT2D eigenvalue weighted by Gasteiger charge is -2.34. The van der Waals surface area contributed by atoms with Crippen LogP contribution < -0.4 is 14.4 Å². The maximum atomic E-state index is 14.1. The normalized spacial score (nSPS) is 14.3. The number of carbonyl (C=O) groups is 2. The molecule has 8 nitrogen and oxygen atoms in total. The molecule has 3 aromatic carbocycles. The number of methoxy groups -OCH3 is 1. The molecule has 0 radical (unpaired) electrons. The molecule has 1 fully saturated rings. The lowest BCUT2D eigenvalue weighted by atomic mass is 10.1. The summed E-state index contributed by atoms with van der Waals surface area (Å²) >= 11 is 6.36. The van der Waals surface area contributed by atoms with Crippen LogP contribution in [0.15, 0.2) is 77.7 Å². The fraction of sp³-hybridized carbons (Fsp3) is 0.355. The predicted molar refractivity (Wildman–Crippen MR) is 160 cm³/mol. The van der Waals surface area contributed by atoms with E-state index >= 15 is 0 Å². The van der Waals surface area contributed by atoms with E-state index < -0.39 is 34.3 Å². The lowest BCUT2D eigenvalue weighted by Crippen LogP contribution is -2.53. The monoisotopic (exact) mass is 615 g/mol. The Hall–Kier alpha value is -3.63. The zero-order valence-corrected chi connectivity index (χ0v) is 25.2. The van der Waals surface area contributed by atoms with Gasteiger partial charge in [-0.2, -0.15) is 0 Å². The van der Waals surface area contributed by atoms with E-state index in [-0.39, 0.29) is 34.1 Å². The first-order valence-corrected chi connectivity index (χ1v) is 15.7. The Kier molecular flexibility index (Phi) is 10.5. The van der Waals surface area contributed by atoms with Gasteiger partial charge in [-0.3, -0.25) is 13.9 Å². The van der Waals surface area contributed by atoms with Gasteiger partial charge >= 0.3 is 0 Å². The molecule has 1 aliphatic rings. The smallest absolute Gasteiger partial charge is 0.264 e. The number of halogens is 2. The minimum Gasteiger partial charge on any atom is -0.495 e. The number of nitrogens with zero attached hydrogens (tertiary/aromatic N) is 2. The Morgan fingerprint density at radius 3 is 2.31 bits per heavy atom. The number of benzene rings is 3. The Morgan fingerprint density at radius 2 is 1.71 bits per heavy atom. The molecule has 0 aromatic heterocycles. The molecule has 0 unspecified atom stereocenters. The van der Waals surface area contributed by atoms with Crippen molar-refractivity contribution < 1.29 is 27.1 Å². The molecule has 0 aliphatic heterocycles. The zero-order valence-electron chi connectivity index (χ0n) is 23.6. The second kappa shape index (κ2) is 14.0. The van der Waals surface area contributed by atoms with E-state index in [9.17, 15) is 22.4 Å². The molecule has 1 N–H and O–H groups in total. The minimum absolute atomic E-state index is 0.0131. The third-order valence-electron chi connectivity index (χ3n) is 7.39. The molecule has 1 aliphatic carbocycles. The summed E-state index contributed by atoms with van der Waals surface area (Å²) in [6.07, 6.45) is 4.09. The summed E-state index contributed by atoms with van der Waals surface area (Å²) in [7, 11) is -2.79. The number of hydrogen-bond acceptors (Lipinski definition) is 5. The van der Waals surface area contributed by atoms with E-state index in [2.05, 4.69) is 5.32 Å². The van der Waals surface area contributed by atoms with Gasteiger partial charge in [0.25, 0.3) is 10.0 Å². The molecule has 11 heteroatoms. The maximum absolute atomic E-state index is 14.1. The lowest BCUT2D eigenvalue weighted by molar-refractivity contribution is -0.140. The molecule has 0 spiro atoms. The quantitative estimate of drug-likeness (QED) is 0.288. The van der Waals surface area contributed by atoms with Crippen LogP contribution in [0.3, 0.4) is 0 Å². The van der Waals surface area contributed by atoms with Gasteiger partial charge in [-0.05, 0) is 67.3 Å². The molecule has 3 aromatic rings. The molecule has 0 heterocycles. The highest BCUT2D eigenvalue weighted by molar-refractivity contribution is 7.92. The number of nitrogens with one attached hydrogen (secondary N) is 1. The summed E-state index contributed by atoms with van der Waals surface area (Å²) in [5.74, 6) is -0.987. The van der Waals surface area contributed by atoms with Gasteiger partial charge in [0.05, 0.1) is 22.7 Å². The van der Waals surface area contributed by atoms with Crippen LogP contribution in [0.4, 0.5) is 10.1 Å². The van der Waals surface area contributed by atoms with Crippen LogP contribution in [0.1, 0.15) is 44.6 Å². The van der Waals surface area contributed by atoms with Crippen LogP contribution in [0, 0.1) is 5.82 Å². The van der Waals surface area contributed by atoms with E-state index in [0.29, 0.717) is 17.7 Å². The zero-order chi connectivity index (χ0) is 30.3. The van der Waals surface area contributed by atoms with Crippen molar-refractivity contribution in [3.63, 3.8) is 0 Å². The van der Waals surface area contributed by atoms with E-state index in [1.165, 1.54) is 54.5 Å². The summed E-state index contributed by atoms with van der Waals surface area (Å²) in [4.78, 5) is 29.0. The highest BCUT2D eigenvalue weighted by atomic mass is 35.5. The summed E-state index contributed by atoms with van der Waals surface area (Å²) in [6.45, 7) is 1.18. The van der Waals surface area contributed by atoms with Crippen molar-refractivity contribution >= 4 is 39.1 Å². The Balaban J connectivity index is 1.72. The van der Waals surface area contributed by atoms with Gasteiger partial charge in [0.2, 0.25) is 11.8 Å². The van der Waals surface area contributed by atoms with Crippen molar-refractivity contribution in [3.8, 4) is 5.75 Å². The summed E-state index contributed by atoms with van der Waals surface area (Å²) in [5.41, 5.74) is 0.755. The molecule has 4 rings (SSSR count). The van der Waals surface area contributed by atoms with Crippen LogP contribution in [0.5, 0.6) is 5.75 Å². The van der Waals surface area contributed by atoms with Crippen molar-refractivity contribution in [2.45, 2.75) is 62.6 Å². The van der Waals surface area contributed by atoms with Crippen LogP contribution in [0.2, 0.25) is 5.02 Å². The van der Waals surface area contributed by atoms with Crippen molar-refractivity contribution in [2.24, 2.45) is 0 Å². The van der Waals surface area contributed by atoms with Gasteiger partial charge in [-0.1, -0.05) is 61.7 Å². The van der Waals surface area contributed by atoms with Gasteiger partial charge < -0.3 is 15.0 Å². The van der Waals surface area contributed by atoms with Gasteiger partial charge in [-0.25, -0.2) is 12.8 Å². The second-order valence-electron chi connectivity index (χ2n) is 10.2. The SMILES string of the molecule is CC[C@H](C(=O)NC1CCCC1)N(Cc1ccc(F)cc1)C(=O)CN(c1ccc(OC)c(Cl)c1)S(=O)(=O)c1ccccc1. The highest BCUT2D eigenvalue weighted by Crippen LogP contribution is 2.32. The van der Waals surface area contributed by atoms with E-state index in [1.807, 2.05) is 0 Å². The molecule has 1 saturated carbocycles. The first-order chi connectivity index (χ1) is 20.1. The standard InChI is InChI=1S/C31H35ClFN3O5S/c1-3-28(31(38)34-24-9-7-8-10-24)35(20-22-13-15-23(33)16-14-22)30(37)21-36(25-17-18-29(41-2)27(32)19-25)42(39,40)26-11-5-4-6-12-26/h4-6,11-19,24,28H,3,7-10,20-21H2,1-2H3,(H,34,38)/t28-/m1/s1. The Morgan fingerprint density at radius 1 is 1.05 bits per heavy atom. The molecule has 0 bridgehead atoms. The minimum atomic E-state index is -4.23. The molecular weight excluding hydrogens is 581 g/mol. The number of anilines is 1. The predicted octanol–water partition coefficient (Wildman–Crippen LogP) is 5.55. The van der Waals surface area contributed by atoms with Gasteiger partial charge in [0, 0.05) is 12.6 Å². The van der Waals surface area contributed by atoms with E-state index in [0.717, 1.165) is 30.0 Å². The highest BCUT2D eigenvalue weighted by Gasteiger charge is 2.34. The maximum Gasteiger partial charge on any atom is 0.264 e. The number of sulfonamides is 1. The molecule has 224 valence electrons. The summed E-state index contributed by atoms with van der Waals surface area (Å²) in [6, 6.07) is 17.0. The first-order valence-electron chi connectivity index (χ1n) is 13.9. The van der Waals surface area contributed by atoms with E-state index in [1.54, 1.807) is 37.3 Å². The molecule has 2 amide bonds. The first kappa shape index (κ1) is 31.3. The van der Waals surface area contributed by atoms with Crippen LogP contribution >= 0.6 is 11.6 Å². The molecule has 1 atom stereocenters. The average molecular weight is 616 g/mol. The van der Waals surface area contributed by atoms with Gasteiger partial charge in [-0.15, -0.1) is 0 Å². The van der Waals surface area contributed by atoms with Crippen molar-refractivity contribution in [3.05, 3.63) is 89.2 Å². The van der Waals surface area contributed by atoms with Crippen LogP contribution in [-0.4, -0.2) is 50.9 Å². The fourth-order valence-corrected chi connectivity index (χ4v) is 6.81. The Labute approximate surface area is 251 Å². The third-order valence-corrected chi connectivity index (χ3v) is 9.47. The van der Waals surface area contributed by atoms with Crippen molar-refractivity contribution in [2.75, 3.05) is 18.0 Å². The summed E-state index contributed by atoms with van der Waals surface area (Å²) < 4.78 is 47.7. The average Bonchev–Trinajstić information content (AvgIpc) is 3.50. The Bertz CT molecular complexity index is 1480. The molecule has 0 saturated heterocycles. The largest absolute Gasteiger partial charge is 0.495 e. The van der Waals surface area contributed by atoms with Crippen molar-refractivity contribution in [1.82, 2.24) is 10.2 Å². The molecule has 42 heavy (non-hydrogen) atoms. The number of carbonyl (C=O) groups excluding carboxylic acids is 2. The second-order valence-corrected chi connectivity index (χ2v) is 12.5. The molecular formula is C31H35ClFN3O5S. The number of rotatable bonds is 12.